The number of rotatable bonds is 7. The molecule has 0 aromatic heterocycles. The Bertz CT molecular complexity index is 1520. The molecule has 0 saturated carbocycles. The van der Waals surface area contributed by atoms with Gasteiger partial charge in [0.25, 0.3) is 0 Å². The SMILES string of the molecule is CC1(C)C(c2ccc(C(=O)O)cc2)=CC[C@]2(C)CN(C(=O)C3(c4ccccc4)CCN(C(=O)CCN4CCOCC4)CC3)CC=C12. The maximum Gasteiger partial charge on any atom is 0.335 e. The molecule has 6 rings (SSSR count). The molecule has 1 atom stereocenters. The van der Waals surface area contributed by atoms with Crippen LogP contribution in [-0.4, -0.2) is 96.6 Å². The van der Waals surface area contributed by atoms with Gasteiger partial charge in [0.15, 0.2) is 0 Å². The number of likely N-dealkylation sites (tertiary alicyclic amines) is 1. The second-order valence-electron chi connectivity index (χ2n) is 14.2. The van der Waals surface area contributed by atoms with Gasteiger partial charge in [0.05, 0.1) is 24.2 Å². The molecular formula is C38H47N3O5. The second-order valence-corrected chi connectivity index (χ2v) is 14.2. The van der Waals surface area contributed by atoms with Gasteiger partial charge in [0.2, 0.25) is 11.8 Å². The molecule has 4 aliphatic rings. The minimum Gasteiger partial charge on any atom is -0.478 e. The lowest BCUT2D eigenvalue weighted by Crippen LogP contribution is -2.57. The maximum atomic E-state index is 14.7. The van der Waals surface area contributed by atoms with Crippen LogP contribution in [0.15, 0.2) is 72.3 Å². The number of carbonyl (C=O) groups is 3. The minimum absolute atomic E-state index is 0.160. The van der Waals surface area contributed by atoms with Gasteiger partial charge in [-0.25, -0.2) is 4.79 Å². The van der Waals surface area contributed by atoms with Crippen molar-refractivity contribution in [1.82, 2.24) is 14.7 Å². The molecule has 8 heteroatoms. The van der Waals surface area contributed by atoms with Crippen molar-refractivity contribution in [2.45, 2.75) is 51.9 Å². The number of morpholine rings is 1. The smallest absolute Gasteiger partial charge is 0.335 e. The molecule has 3 aliphatic heterocycles. The number of ether oxygens (including phenoxy) is 1. The highest BCUT2D eigenvalue weighted by Gasteiger charge is 2.50. The van der Waals surface area contributed by atoms with Crippen LogP contribution in [0.5, 0.6) is 0 Å². The van der Waals surface area contributed by atoms with Crippen molar-refractivity contribution in [1.29, 1.82) is 0 Å². The van der Waals surface area contributed by atoms with Crippen molar-refractivity contribution in [2.24, 2.45) is 10.8 Å². The monoisotopic (exact) mass is 625 g/mol. The number of allylic oxidation sites excluding steroid dienone is 2. The van der Waals surface area contributed by atoms with Crippen molar-refractivity contribution in [3.63, 3.8) is 0 Å². The lowest BCUT2D eigenvalue weighted by atomic mass is 9.58. The second kappa shape index (κ2) is 12.8. The Morgan fingerprint density at radius 3 is 2.17 bits per heavy atom. The molecule has 0 unspecified atom stereocenters. The van der Waals surface area contributed by atoms with Crippen LogP contribution in [0.1, 0.15) is 67.9 Å². The average Bonchev–Trinajstić information content (AvgIpc) is 3.07. The normalized spacial score (nSPS) is 24.4. The molecule has 46 heavy (non-hydrogen) atoms. The number of hydrogen-bond donors (Lipinski definition) is 1. The topological polar surface area (TPSA) is 90.4 Å². The number of carboxylic acid groups (broad SMARTS) is 1. The van der Waals surface area contributed by atoms with E-state index in [2.05, 4.69) is 54.9 Å². The Morgan fingerprint density at radius 2 is 1.52 bits per heavy atom. The van der Waals surface area contributed by atoms with E-state index < -0.39 is 11.4 Å². The molecule has 2 saturated heterocycles. The van der Waals surface area contributed by atoms with Gasteiger partial charge in [-0.3, -0.25) is 14.5 Å². The number of carboxylic acids is 1. The Balaban J connectivity index is 1.19. The molecule has 2 fully saturated rings. The highest BCUT2D eigenvalue weighted by Crippen LogP contribution is 2.55. The highest BCUT2D eigenvalue weighted by atomic mass is 16.5. The summed E-state index contributed by atoms with van der Waals surface area (Å²) in [4.78, 5) is 45.7. The van der Waals surface area contributed by atoms with E-state index in [4.69, 9.17) is 4.74 Å². The summed E-state index contributed by atoms with van der Waals surface area (Å²) >= 11 is 0. The predicted molar refractivity (Wildman–Crippen MR) is 178 cm³/mol. The summed E-state index contributed by atoms with van der Waals surface area (Å²) < 4.78 is 5.44. The molecule has 2 aromatic rings. The standard InChI is InChI=1S/C38H47N3O5/c1-36(2)31(28-9-11-29(12-10-28)34(43)44)13-16-37(3)27-41(20-14-32(36)37)35(45)38(30-7-5-4-6-8-30)17-21-40(22-18-38)33(42)15-19-39-23-25-46-26-24-39/h4-14H,15-27H2,1-3H3,(H,43,44)/t37-/m1/s1. The van der Waals surface area contributed by atoms with Crippen LogP contribution in [-0.2, 0) is 19.7 Å². The Kier molecular flexibility index (Phi) is 8.96. The van der Waals surface area contributed by atoms with Gasteiger partial charge >= 0.3 is 5.97 Å². The summed E-state index contributed by atoms with van der Waals surface area (Å²) in [5.74, 6) is -0.596. The quantitative estimate of drug-likeness (QED) is 0.423. The zero-order chi connectivity index (χ0) is 32.5. The number of fused-ring (bicyclic) bond motifs is 1. The van der Waals surface area contributed by atoms with E-state index in [1.165, 1.54) is 11.1 Å². The maximum absolute atomic E-state index is 14.7. The van der Waals surface area contributed by atoms with Crippen LogP contribution in [0.2, 0.25) is 0 Å². The lowest BCUT2D eigenvalue weighted by molar-refractivity contribution is -0.144. The van der Waals surface area contributed by atoms with Gasteiger partial charge in [0, 0.05) is 63.1 Å². The van der Waals surface area contributed by atoms with E-state index in [9.17, 15) is 19.5 Å². The van der Waals surface area contributed by atoms with E-state index in [0.717, 1.165) is 50.4 Å². The van der Waals surface area contributed by atoms with Crippen LogP contribution in [0.4, 0.5) is 0 Å². The number of benzene rings is 2. The van der Waals surface area contributed by atoms with Crippen molar-refractivity contribution < 1.29 is 24.2 Å². The lowest BCUT2D eigenvalue weighted by Gasteiger charge is -2.52. The van der Waals surface area contributed by atoms with Crippen molar-refractivity contribution in [3.8, 4) is 0 Å². The molecule has 1 N–H and O–H groups in total. The van der Waals surface area contributed by atoms with Gasteiger partial charge in [-0.05, 0) is 48.1 Å². The molecule has 2 amide bonds. The highest BCUT2D eigenvalue weighted by molar-refractivity contribution is 5.90. The molecular weight excluding hydrogens is 578 g/mol. The first-order chi connectivity index (χ1) is 22.0. The molecule has 2 aromatic carbocycles. The number of nitrogens with zero attached hydrogens (tertiary/aromatic N) is 3. The fourth-order valence-corrected chi connectivity index (χ4v) is 8.42. The molecule has 0 radical (unpaired) electrons. The number of carbonyl (C=O) groups excluding carboxylic acids is 2. The zero-order valence-electron chi connectivity index (χ0n) is 27.5. The zero-order valence-corrected chi connectivity index (χ0v) is 27.5. The number of aromatic carboxylic acids is 1. The predicted octanol–water partition coefficient (Wildman–Crippen LogP) is 5.26. The molecule has 0 spiro atoms. The third-order valence-electron chi connectivity index (χ3n) is 11.0. The average molecular weight is 626 g/mol. The van der Waals surface area contributed by atoms with E-state index in [0.29, 0.717) is 45.4 Å². The Morgan fingerprint density at radius 1 is 0.848 bits per heavy atom. The summed E-state index contributed by atoms with van der Waals surface area (Å²) in [6.07, 6.45) is 7.08. The van der Waals surface area contributed by atoms with Gasteiger partial charge in [-0.2, -0.15) is 0 Å². The summed E-state index contributed by atoms with van der Waals surface area (Å²) in [5.41, 5.74) is 3.73. The fourth-order valence-electron chi connectivity index (χ4n) is 8.42. The van der Waals surface area contributed by atoms with Gasteiger partial charge < -0.3 is 19.6 Å². The van der Waals surface area contributed by atoms with E-state index in [1.54, 1.807) is 12.1 Å². The van der Waals surface area contributed by atoms with Crippen molar-refractivity contribution in [2.75, 3.05) is 59.0 Å². The fraction of sp³-hybridized carbons (Fsp3) is 0.500. The Hall–Kier alpha value is -3.75. The first-order valence-electron chi connectivity index (χ1n) is 16.7. The number of piperidine rings is 1. The minimum atomic E-state index is -0.926. The molecule has 3 heterocycles. The summed E-state index contributed by atoms with van der Waals surface area (Å²) in [7, 11) is 0. The molecule has 8 nitrogen and oxygen atoms in total. The van der Waals surface area contributed by atoms with Gasteiger partial charge in [0.1, 0.15) is 0 Å². The van der Waals surface area contributed by atoms with Gasteiger partial charge in [-0.15, -0.1) is 0 Å². The van der Waals surface area contributed by atoms with E-state index in [-0.39, 0.29) is 28.2 Å². The van der Waals surface area contributed by atoms with Crippen LogP contribution >= 0.6 is 0 Å². The van der Waals surface area contributed by atoms with Crippen molar-refractivity contribution in [3.05, 3.63) is 89.0 Å². The third kappa shape index (κ3) is 6.05. The van der Waals surface area contributed by atoms with Crippen LogP contribution in [0.3, 0.4) is 0 Å². The van der Waals surface area contributed by atoms with Crippen LogP contribution < -0.4 is 0 Å². The largest absolute Gasteiger partial charge is 0.478 e. The Labute approximate surface area is 272 Å². The molecule has 0 bridgehead atoms. The summed E-state index contributed by atoms with van der Waals surface area (Å²) in [5, 5.41) is 9.36. The van der Waals surface area contributed by atoms with E-state index in [1.807, 2.05) is 35.2 Å². The molecule has 244 valence electrons. The van der Waals surface area contributed by atoms with Crippen molar-refractivity contribution >= 4 is 23.4 Å². The van der Waals surface area contributed by atoms with Crippen LogP contribution in [0, 0.1) is 10.8 Å². The number of amides is 2. The van der Waals surface area contributed by atoms with Gasteiger partial charge in [-0.1, -0.05) is 81.0 Å². The first kappa shape index (κ1) is 32.2. The number of hydrogen-bond acceptors (Lipinski definition) is 5. The first-order valence-corrected chi connectivity index (χ1v) is 16.7. The summed E-state index contributed by atoms with van der Waals surface area (Å²) in [6, 6.07) is 17.3. The summed E-state index contributed by atoms with van der Waals surface area (Å²) in [6.45, 7) is 13.0. The van der Waals surface area contributed by atoms with E-state index >= 15 is 0 Å². The molecule has 1 aliphatic carbocycles. The third-order valence-corrected chi connectivity index (χ3v) is 11.0. The van der Waals surface area contributed by atoms with Crippen LogP contribution in [0.25, 0.3) is 5.57 Å².